The fourth-order valence-electron chi connectivity index (χ4n) is 4.24. The van der Waals surface area contributed by atoms with Crippen LogP contribution in [0.3, 0.4) is 0 Å². The number of nitrogens with one attached hydrogen (secondary N) is 2. The van der Waals surface area contributed by atoms with E-state index in [0.717, 1.165) is 40.2 Å². The van der Waals surface area contributed by atoms with Gasteiger partial charge in [0.2, 0.25) is 0 Å². The highest BCUT2D eigenvalue weighted by molar-refractivity contribution is 7.21. The molecule has 2 aromatic heterocycles. The molecule has 120 valence electrons. The Bertz CT molecular complexity index is 795. The van der Waals surface area contributed by atoms with Gasteiger partial charge in [-0.25, -0.2) is 9.97 Å². The number of fused-ring (bicyclic) bond motifs is 3. The zero-order valence-corrected chi connectivity index (χ0v) is 14.3. The highest BCUT2D eigenvalue weighted by Gasteiger charge is 2.48. The number of hydrogen-bond acceptors (Lipinski definition) is 6. The predicted molar refractivity (Wildman–Crippen MR) is 93.8 cm³/mol. The van der Waals surface area contributed by atoms with E-state index in [2.05, 4.69) is 31.6 Å². The average molecular weight is 348 g/mol. The van der Waals surface area contributed by atoms with Crippen molar-refractivity contribution < 1.29 is 0 Å². The van der Waals surface area contributed by atoms with Gasteiger partial charge in [0.05, 0.1) is 5.54 Å². The summed E-state index contributed by atoms with van der Waals surface area (Å²) >= 11 is 7.49. The number of hydrogen-bond donors (Lipinski definition) is 2. The lowest BCUT2D eigenvalue weighted by Crippen LogP contribution is -2.64. The lowest BCUT2D eigenvalue weighted by Gasteiger charge is -2.52. The number of nitrogens with zero attached hydrogens (tertiary/aromatic N) is 3. The number of halogens is 1. The van der Waals surface area contributed by atoms with Gasteiger partial charge in [0, 0.05) is 6.54 Å². The van der Waals surface area contributed by atoms with E-state index < -0.39 is 0 Å². The number of anilines is 1. The first-order valence-electron chi connectivity index (χ1n) is 8.11. The molecule has 5 nitrogen and oxygen atoms in total. The van der Waals surface area contributed by atoms with Crippen molar-refractivity contribution in [2.24, 2.45) is 5.92 Å². The fourth-order valence-corrected chi connectivity index (χ4v) is 5.29. The molecule has 4 aliphatic heterocycles. The molecular weight excluding hydrogens is 330 g/mol. The Balaban J connectivity index is 1.35. The van der Waals surface area contributed by atoms with E-state index >= 15 is 0 Å². The van der Waals surface area contributed by atoms with E-state index in [4.69, 9.17) is 11.6 Å². The molecule has 0 amide bonds. The molecule has 2 aromatic rings. The molecule has 0 aromatic carbocycles. The second-order valence-electron chi connectivity index (χ2n) is 6.76. The van der Waals surface area contributed by atoms with Gasteiger partial charge in [0.25, 0.3) is 0 Å². The minimum atomic E-state index is 0.233. The van der Waals surface area contributed by atoms with Gasteiger partial charge in [-0.15, -0.1) is 0 Å². The first kappa shape index (κ1) is 14.0. The summed E-state index contributed by atoms with van der Waals surface area (Å²) in [6, 6.07) is 3.69. The average Bonchev–Trinajstić information content (AvgIpc) is 3.12. The van der Waals surface area contributed by atoms with E-state index in [1.54, 1.807) is 6.07 Å². The maximum atomic E-state index is 5.95. The molecule has 0 radical (unpaired) electrons. The van der Waals surface area contributed by atoms with Gasteiger partial charge in [-0.05, 0) is 56.5 Å². The molecule has 6 rings (SSSR count). The van der Waals surface area contributed by atoms with Crippen molar-refractivity contribution in [3.05, 3.63) is 29.2 Å². The van der Waals surface area contributed by atoms with Crippen molar-refractivity contribution in [2.45, 2.75) is 24.8 Å². The summed E-state index contributed by atoms with van der Waals surface area (Å²) in [6.07, 6.45) is 6.02. The quantitative estimate of drug-likeness (QED) is 0.818. The van der Waals surface area contributed by atoms with Gasteiger partial charge in [0.15, 0.2) is 5.13 Å². The van der Waals surface area contributed by atoms with E-state index in [0.29, 0.717) is 5.15 Å². The third-order valence-electron chi connectivity index (χ3n) is 5.39. The lowest BCUT2D eigenvalue weighted by molar-refractivity contribution is 0.0189. The highest BCUT2D eigenvalue weighted by Crippen LogP contribution is 2.41. The van der Waals surface area contributed by atoms with Crippen molar-refractivity contribution >= 4 is 38.4 Å². The Morgan fingerprint density at radius 1 is 1.30 bits per heavy atom. The summed E-state index contributed by atoms with van der Waals surface area (Å²) in [5, 5.41) is 8.59. The Kier molecular flexibility index (Phi) is 3.08. The van der Waals surface area contributed by atoms with Crippen LogP contribution in [0.5, 0.6) is 0 Å². The largest absolute Gasteiger partial charge is 0.365 e. The third kappa shape index (κ3) is 2.31. The predicted octanol–water partition coefficient (Wildman–Crippen LogP) is 3.06. The molecule has 2 bridgehead atoms. The van der Waals surface area contributed by atoms with Gasteiger partial charge in [-0.3, -0.25) is 0 Å². The molecule has 4 aliphatic rings. The molecule has 1 spiro atoms. The van der Waals surface area contributed by atoms with E-state index in [-0.39, 0.29) is 5.54 Å². The van der Waals surface area contributed by atoms with Crippen LogP contribution in [-0.2, 0) is 0 Å². The summed E-state index contributed by atoms with van der Waals surface area (Å²) < 4.78 is 0. The van der Waals surface area contributed by atoms with Crippen LogP contribution >= 0.6 is 22.9 Å². The fraction of sp³-hybridized carbons (Fsp3) is 0.500. The minimum Gasteiger partial charge on any atom is -0.365 e. The molecule has 6 heterocycles. The maximum absolute atomic E-state index is 5.95. The zero-order chi connectivity index (χ0) is 15.4. The van der Waals surface area contributed by atoms with Gasteiger partial charge in [-0.2, -0.15) is 0 Å². The summed E-state index contributed by atoms with van der Waals surface area (Å²) in [7, 11) is 0. The molecular formula is C16H18ClN5S. The van der Waals surface area contributed by atoms with Crippen molar-refractivity contribution in [1.29, 1.82) is 0 Å². The molecule has 0 saturated carbocycles. The standard InChI is InChI=1S/C16H18ClN5S/c17-12-2-1-11-14(19-12)23-15(18-11)20-13-3-6-16(21-13)9-22-7-4-10(16)5-8-22/h1-3,10,21H,4-9H2,(H,18,20)/t16-/m0/s1. The van der Waals surface area contributed by atoms with Crippen LogP contribution in [0, 0.1) is 5.92 Å². The summed E-state index contributed by atoms with van der Waals surface area (Å²) in [5.74, 6) is 1.88. The Morgan fingerprint density at radius 2 is 2.17 bits per heavy atom. The van der Waals surface area contributed by atoms with E-state index in [1.807, 2.05) is 6.07 Å². The topological polar surface area (TPSA) is 53.1 Å². The minimum absolute atomic E-state index is 0.233. The zero-order valence-electron chi connectivity index (χ0n) is 12.7. The summed E-state index contributed by atoms with van der Waals surface area (Å²) in [4.78, 5) is 12.4. The first-order valence-corrected chi connectivity index (χ1v) is 9.30. The second kappa shape index (κ2) is 5.06. The number of aromatic nitrogens is 2. The van der Waals surface area contributed by atoms with Crippen LogP contribution in [-0.4, -0.2) is 40.0 Å². The SMILES string of the molecule is Clc1ccc2nc(NC3=CC[C@@]4(CN5CCC4CC5)N3)sc2n1. The van der Waals surface area contributed by atoms with Crippen molar-refractivity contribution in [3.8, 4) is 0 Å². The van der Waals surface area contributed by atoms with Gasteiger partial charge in [0.1, 0.15) is 21.3 Å². The third-order valence-corrected chi connectivity index (χ3v) is 6.48. The smallest absolute Gasteiger partial charge is 0.190 e. The lowest BCUT2D eigenvalue weighted by atomic mass is 9.72. The van der Waals surface area contributed by atoms with Crippen LogP contribution < -0.4 is 10.6 Å². The van der Waals surface area contributed by atoms with Gasteiger partial charge >= 0.3 is 0 Å². The van der Waals surface area contributed by atoms with Gasteiger partial charge in [-0.1, -0.05) is 22.9 Å². The van der Waals surface area contributed by atoms with Gasteiger partial charge < -0.3 is 15.5 Å². The van der Waals surface area contributed by atoms with Crippen molar-refractivity contribution in [1.82, 2.24) is 20.2 Å². The molecule has 1 atom stereocenters. The molecule has 3 fully saturated rings. The number of rotatable bonds is 2. The first-order chi connectivity index (χ1) is 11.2. The second-order valence-corrected chi connectivity index (χ2v) is 8.12. The number of thiazole rings is 1. The molecule has 2 N–H and O–H groups in total. The molecule has 23 heavy (non-hydrogen) atoms. The maximum Gasteiger partial charge on any atom is 0.190 e. The van der Waals surface area contributed by atoms with E-state index in [1.165, 1.54) is 37.3 Å². The van der Waals surface area contributed by atoms with Crippen LogP contribution in [0.1, 0.15) is 19.3 Å². The number of piperidine rings is 3. The van der Waals surface area contributed by atoms with Crippen LogP contribution in [0.2, 0.25) is 5.15 Å². The Hall–Kier alpha value is -1.37. The number of pyridine rings is 1. The van der Waals surface area contributed by atoms with E-state index in [9.17, 15) is 0 Å². The molecule has 7 heteroatoms. The van der Waals surface area contributed by atoms with Crippen molar-refractivity contribution in [3.63, 3.8) is 0 Å². The molecule has 0 unspecified atom stereocenters. The van der Waals surface area contributed by atoms with Crippen molar-refractivity contribution in [2.75, 3.05) is 25.0 Å². The monoisotopic (exact) mass is 347 g/mol. The Labute approximate surface area is 143 Å². The summed E-state index contributed by atoms with van der Waals surface area (Å²) in [6.45, 7) is 3.69. The normalized spacial score (nSPS) is 32.3. The van der Waals surface area contributed by atoms with Crippen LogP contribution in [0.4, 0.5) is 5.13 Å². The molecule has 3 saturated heterocycles. The Morgan fingerprint density at radius 3 is 2.96 bits per heavy atom. The van der Waals surface area contributed by atoms with Crippen LogP contribution in [0.15, 0.2) is 24.0 Å². The highest BCUT2D eigenvalue weighted by atomic mass is 35.5. The summed E-state index contributed by atoms with van der Waals surface area (Å²) in [5.41, 5.74) is 1.12. The molecule has 0 aliphatic carbocycles. The van der Waals surface area contributed by atoms with Crippen LogP contribution in [0.25, 0.3) is 10.3 Å².